The van der Waals surface area contributed by atoms with Crippen molar-refractivity contribution in [2.75, 3.05) is 19.0 Å². The van der Waals surface area contributed by atoms with Crippen LogP contribution in [0, 0.1) is 0 Å². The maximum absolute atomic E-state index is 10.8. The Morgan fingerprint density at radius 3 is 2.68 bits per heavy atom. The van der Waals surface area contributed by atoms with Gasteiger partial charge < -0.3 is 14.6 Å². The zero-order chi connectivity index (χ0) is 14.1. The SMILES string of the molecule is CCOC(CCSc1ccnc(C(=O)O)c1)OCC. The standard InChI is InChI=1S/C13H19NO4S/c1-3-17-12(18-4-2)6-8-19-10-5-7-14-11(9-10)13(15)16/h5,7,9,12H,3-4,6,8H2,1-2H3,(H,15,16). The summed E-state index contributed by atoms with van der Waals surface area (Å²) in [6.07, 6.45) is 2.08. The fourth-order valence-corrected chi connectivity index (χ4v) is 2.38. The fraction of sp³-hybridized carbons (Fsp3) is 0.538. The Morgan fingerprint density at radius 1 is 1.42 bits per heavy atom. The molecule has 5 nitrogen and oxygen atoms in total. The summed E-state index contributed by atoms with van der Waals surface area (Å²) >= 11 is 1.57. The third kappa shape index (κ3) is 6.04. The van der Waals surface area contributed by atoms with Gasteiger partial charge in [-0.1, -0.05) is 0 Å². The molecule has 0 bridgehead atoms. The second-order valence-electron chi connectivity index (χ2n) is 3.66. The molecule has 1 aromatic heterocycles. The molecule has 0 saturated carbocycles. The quantitative estimate of drug-likeness (QED) is 0.555. The number of hydrogen-bond acceptors (Lipinski definition) is 5. The molecule has 0 aliphatic carbocycles. The van der Waals surface area contributed by atoms with Gasteiger partial charge in [0.1, 0.15) is 5.69 Å². The third-order valence-corrected chi connectivity index (χ3v) is 3.31. The molecule has 6 heteroatoms. The number of aromatic nitrogens is 1. The van der Waals surface area contributed by atoms with E-state index in [0.717, 1.165) is 17.1 Å². The summed E-state index contributed by atoms with van der Waals surface area (Å²) in [4.78, 5) is 15.5. The van der Waals surface area contributed by atoms with Gasteiger partial charge in [0.25, 0.3) is 0 Å². The van der Waals surface area contributed by atoms with Gasteiger partial charge in [0.05, 0.1) is 0 Å². The van der Waals surface area contributed by atoms with Gasteiger partial charge in [-0.25, -0.2) is 9.78 Å². The molecule has 0 spiro atoms. The minimum Gasteiger partial charge on any atom is -0.477 e. The van der Waals surface area contributed by atoms with Gasteiger partial charge in [0.2, 0.25) is 0 Å². The predicted octanol–water partition coefficient (Wildman–Crippen LogP) is 2.66. The van der Waals surface area contributed by atoms with Gasteiger partial charge in [-0.15, -0.1) is 11.8 Å². The molecule has 0 atom stereocenters. The van der Waals surface area contributed by atoms with E-state index in [1.54, 1.807) is 23.9 Å². The summed E-state index contributed by atoms with van der Waals surface area (Å²) in [6.45, 7) is 5.10. The molecular weight excluding hydrogens is 266 g/mol. The highest BCUT2D eigenvalue weighted by Gasteiger charge is 2.09. The Balaban J connectivity index is 2.43. The van der Waals surface area contributed by atoms with Crippen LogP contribution in [0.3, 0.4) is 0 Å². The Labute approximate surface area is 117 Å². The van der Waals surface area contributed by atoms with Crippen molar-refractivity contribution < 1.29 is 19.4 Å². The Kier molecular flexibility index (Phi) is 7.47. The van der Waals surface area contributed by atoms with Gasteiger partial charge in [-0.2, -0.15) is 0 Å². The highest BCUT2D eigenvalue weighted by Crippen LogP contribution is 2.20. The first-order valence-corrected chi connectivity index (χ1v) is 7.21. The first-order chi connectivity index (χ1) is 9.17. The van der Waals surface area contributed by atoms with E-state index in [4.69, 9.17) is 14.6 Å². The summed E-state index contributed by atoms with van der Waals surface area (Å²) in [6, 6.07) is 3.37. The summed E-state index contributed by atoms with van der Waals surface area (Å²) in [5.41, 5.74) is 0.0659. The van der Waals surface area contributed by atoms with Crippen LogP contribution in [0.1, 0.15) is 30.8 Å². The fourth-order valence-electron chi connectivity index (χ4n) is 1.48. The van der Waals surface area contributed by atoms with Gasteiger partial charge >= 0.3 is 5.97 Å². The van der Waals surface area contributed by atoms with Crippen molar-refractivity contribution in [2.45, 2.75) is 31.5 Å². The minimum atomic E-state index is -1.01. The van der Waals surface area contributed by atoms with Crippen LogP contribution in [0.2, 0.25) is 0 Å². The molecular formula is C13H19NO4S. The number of rotatable bonds is 9. The summed E-state index contributed by atoms with van der Waals surface area (Å²) in [5, 5.41) is 8.85. The highest BCUT2D eigenvalue weighted by molar-refractivity contribution is 7.99. The topological polar surface area (TPSA) is 68.7 Å². The molecule has 1 N–H and O–H groups in total. The van der Waals surface area contributed by atoms with Crippen LogP contribution < -0.4 is 0 Å². The van der Waals surface area contributed by atoms with Crippen molar-refractivity contribution in [1.29, 1.82) is 0 Å². The second kappa shape index (κ2) is 8.90. The molecule has 0 aliphatic heterocycles. The average Bonchev–Trinajstić information content (AvgIpc) is 2.39. The molecule has 0 fully saturated rings. The van der Waals surface area contributed by atoms with Gasteiger partial charge in [-0.05, 0) is 26.0 Å². The Morgan fingerprint density at radius 2 is 2.11 bits per heavy atom. The molecule has 0 aliphatic rings. The zero-order valence-electron chi connectivity index (χ0n) is 11.2. The van der Waals surface area contributed by atoms with Crippen LogP contribution in [0.5, 0.6) is 0 Å². The molecule has 1 aromatic rings. The lowest BCUT2D eigenvalue weighted by Gasteiger charge is -2.16. The predicted molar refractivity (Wildman–Crippen MR) is 73.6 cm³/mol. The number of nitrogens with zero attached hydrogens (tertiary/aromatic N) is 1. The van der Waals surface area contributed by atoms with Gasteiger partial charge in [-0.3, -0.25) is 0 Å². The number of ether oxygens (including phenoxy) is 2. The van der Waals surface area contributed by atoms with Gasteiger partial charge in [0.15, 0.2) is 6.29 Å². The van der Waals surface area contributed by atoms with E-state index < -0.39 is 5.97 Å². The van der Waals surface area contributed by atoms with Crippen molar-refractivity contribution in [2.24, 2.45) is 0 Å². The summed E-state index contributed by atoms with van der Waals surface area (Å²) < 4.78 is 10.9. The first-order valence-electron chi connectivity index (χ1n) is 6.22. The monoisotopic (exact) mass is 285 g/mol. The van der Waals surface area contributed by atoms with E-state index in [0.29, 0.717) is 13.2 Å². The molecule has 0 aromatic carbocycles. The van der Waals surface area contributed by atoms with Crippen molar-refractivity contribution >= 4 is 17.7 Å². The van der Waals surface area contributed by atoms with Crippen LogP contribution >= 0.6 is 11.8 Å². The molecule has 0 unspecified atom stereocenters. The molecule has 0 radical (unpaired) electrons. The number of carbonyl (C=O) groups is 1. The van der Waals surface area contributed by atoms with Crippen LogP contribution in [-0.2, 0) is 9.47 Å². The number of aromatic carboxylic acids is 1. The Bertz CT molecular complexity index is 394. The van der Waals surface area contributed by atoms with Crippen molar-refractivity contribution in [3.05, 3.63) is 24.0 Å². The molecule has 1 heterocycles. The van der Waals surface area contributed by atoms with E-state index in [2.05, 4.69) is 4.98 Å². The largest absolute Gasteiger partial charge is 0.477 e. The number of thioether (sulfide) groups is 1. The maximum Gasteiger partial charge on any atom is 0.354 e. The molecule has 0 saturated heterocycles. The van der Waals surface area contributed by atoms with Crippen LogP contribution in [0.25, 0.3) is 0 Å². The smallest absolute Gasteiger partial charge is 0.354 e. The molecule has 0 amide bonds. The molecule has 106 valence electrons. The average molecular weight is 285 g/mol. The number of carboxylic acids is 1. The van der Waals surface area contributed by atoms with E-state index >= 15 is 0 Å². The minimum absolute atomic E-state index is 0.0659. The number of pyridine rings is 1. The number of carboxylic acid groups (broad SMARTS) is 1. The van der Waals surface area contributed by atoms with E-state index in [-0.39, 0.29) is 12.0 Å². The lowest BCUT2D eigenvalue weighted by Crippen LogP contribution is -2.18. The van der Waals surface area contributed by atoms with Crippen LogP contribution in [0.4, 0.5) is 0 Å². The van der Waals surface area contributed by atoms with Gasteiger partial charge in [0, 0.05) is 36.5 Å². The number of hydrogen-bond donors (Lipinski definition) is 1. The highest BCUT2D eigenvalue weighted by atomic mass is 32.2. The lowest BCUT2D eigenvalue weighted by atomic mass is 10.3. The maximum atomic E-state index is 10.8. The molecule has 1 rings (SSSR count). The second-order valence-corrected chi connectivity index (χ2v) is 4.83. The Hall–Kier alpha value is -1.11. The summed E-state index contributed by atoms with van der Waals surface area (Å²) in [7, 11) is 0. The zero-order valence-corrected chi connectivity index (χ0v) is 12.0. The lowest BCUT2D eigenvalue weighted by molar-refractivity contribution is -0.136. The third-order valence-electron chi connectivity index (χ3n) is 2.28. The van der Waals surface area contributed by atoms with Crippen LogP contribution in [-0.4, -0.2) is 41.3 Å². The van der Waals surface area contributed by atoms with Crippen molar-refractivity contribution in [3.8, 4) is 0 Å². The normalized spacial score (nSPS) is 10.9. The summed E-state index contributed by atoms with van der Waals surface area (Å²) in [5.74, 6) is -0.211. The van der Waals surface area contributed by atoms with E-state index in [1.165, 1.54) is 6.20 Å². The van der Waals surface area contributed by atoms with E-state index in [1.807, 2.05) is 13.8 Å². The molecule has 19 heavy (non-hydrogen) atoms. The van der Waals surface area contributed by atoms with Crippen LogP contribution in [0.15, 0.2) is 23.2 Å². The first kappa shape index (κ1) is 15.9. The van der Waals surface area contributed by atoms with E-state index in [9.17, 15) is 4.79 Å². The van der Waals surface area contributed by atoms with Crippen molar-refractivity contribution in [3.63, 3.8) is 0 Å². The van der Waals surface area contributed by atoms with Crippen molar-refractivity contribution in [1.82, 2.24) is 4.98 Å².